The second kappa shape index (κ2) is 7.90. The van der Waals surface area contributed by atoms with Gasteiger partial charge in [-0.2, -0.15) is 0 Å². The molecular formula is C29H31NOSi. The van der Waals surface area contributed by atoms with Gasteiger partial charge in [-0.05, 0) is 59.4 Å². The minimum Gasteiger partial charge on any atom is -0.454 e. The molecule has 5 rings (SSSR count). The summed E-state index contributed by atoms with van der Waals surface area (Å²) < 4.78 is 6.42. The van der Waals surface area contributed by atoms with Crippen LogP contribution in [0.3, 0.4) is 0 Å². The zero-order valence-electron chi connectivity index (χ0n) is 19.7. The Balaban J connectivity index is 1.78. The van der Waals surface area contributed by atoms with Crippen LogP contribution in [-0.2, 0) is 0 Å². The van der Waals surface area contributed by atoms with Crippen molar-refractivity contribution in [2.75, 3.05) is 0 Å². The molecule has 3 aromatic carbocycles. The Hall–Kier alpha value is -2.91. The predicted molar refractivity (Wildman–Crippen MR) is 141 cm³/mol. The zero-order chi connectivity index (χ0) is 22.5. The largest absolute Gasteiger partial charge is 0.454 e. The molecule has 0 aliphatic carbocycles. The smallest absolute Gasteiger partial charge is 0.161 e. The van der Waals surface area contributed by atoms with Crippen molar-refractivity contribution < 1.29 is 4.42 Å². The SMILES string of the molecule is CCC(CC)c1cc(-c2nccc3c2oc2ccc([Si](C)(C)C)cc23)cc2ccccc12. The van der Waals surface area contributed by atoms with Crippen molar-refractivity contribution in [3.05, 3.63) is 72.4 Å². The van der Waals surface area contributed by atoms with E-state index >= 15 is 0 Å². The van der Waals surface area contributed by atoms with Crippen LogP contribution in [0.5, 0.6) is 0 Å². The predicted octanol–water partition coefficient (Wildman–Crippen LogP) is 8.25. The van der Waals surface area contributed by atoms with Gasteiger partial charge in [0.05, 0.1) is 8.07 Å². The summed E-state index contributed by atoms with van der Waals surface area (Å²) in [7, 11) is -1.41. The summed E-state index contributed by atoms with van der Waals surface area (Å²) in [6, 6.07) is 22.2. The highest BCUT2D eigenvalue weighted by atomic mass is 28.3. The summed E-state index contributed by atoms with van der Waals surface area (Å²) in [5.74, 6) is 0.536. The lowest BCUT2D eigenvalue weighted by molar-refractivity contribution is 0.646. The first-order chi connectivity index (χ1) is 15.4. The fourth-order valence-corrected chi connectivity index (χ4v) is 6.08. The minimum atomic E-state index is -1.41. The maximum absolute atomic E-state index is 6.42. The summed E-state index contributed by atoms with van der Waals surface area (Å²) in [4.78, 5) is 4.82. The Bertz CT molecular complexity index is 1440. The molecule has 5 aromatic rings. The molecule has 0 atom stereocenters. The van der Waals surface area contributed by atoms with Crippen LogP contribution in [-0.4, -0.2) is 13.1 Å². The number of pyridine rings is 1. The van der Waals surface area contributed by atoms with Crippen LogP contribution in [0.25, 0.3) is 44.0 Å². The summed E-state index contributed by atoms with van der Waals surface area (Å²) in [6.45, 7) is 11.7. The quantitative estimate of drug-likeness (QED) is 0.259. The molecule has 0 fully saturated rings. The van der Waals surface area contributed by atoms with E-state index in [4.69, 9.17) is 9.40 Å². The number of hydrogen-bond donors (Lipinski definition) is 0. The van der Waals surface area contributed by atoms with Gasteiger partial charge in [-0.1, -0.05) is 75.1 Å². The van der Waals surface area contributed by atoms with Crippen molar-refractivity contribution in [2.24, 2.45) is 0 Å². The standard InChI is InChI=1S/C29H31NOSi/c1-6-19(7-2)25-17-21(16-20-10-8-9-11-23(20)25)28-29-24(14-15-30-28)26-18-22(32(3,4)5)12-13-27(26)31-29/h8-19H,6-7H2,1-5H3. The van der Waals surface area contributed by atoms with Crippen LogP contribution in [0.2, 0.25) is 19.6 Å². The van der Waals surface area contributed by atoms with Crippen LogP contribution in [0.1, 0.15) is 38.2 Å². The van der Waals surface area contributed by atoms with Gasteiger partial charge in [0.15, 0.2) is 5.58 Å². The molecule has 2 heterocycles. The van der Waals surface area contributed by atoms with Gasteiger partial charge in [0.1, 0.15) is 11.3 Å². The molecule has 0 N–H and O–H groups in total. The Morgan fingerprint density at radius 2 is 1.62 bits per heavy atom. The fraction of sp³-hybridized carbons (Fsp3) is 0.276. The van der Waals surface area contributed by atoms with E-state index in [-0.39, 0.29) is 0 Å². The van der Waals surface area contributed by atoms with Gasteiger partial charge in [0.2, 0.25) is 0 Å². The number of nitrogens with zero attached hydrogens (tertiary/aromatic N) is 1. The van der Waals surface area contributed by atoms with E-state index in [2.05, 4.69) is 94.2 Å². The molecule has 0 bridgehead atoms. The molecule has 0 aliphatic heterocycles. The lowest BCUT2D eigenvalue weighted by Crippen LogP contribution is -2.37. The Morgan fingerprint density at radius 3 is 2.38 bits per heavy atom. The van der Waals surface area contributed by atoms with E-state index in [9.17, 15) is 0 Å². The molecule has 0 radical (unpaired) electrons. The van der Waals surface area contributed by atoms with Crippen molar-refractivity contribution in [3.63, 3.8) is 0 Å². The van der Waals surface area contributed by atoms with Gasteiger partial charge < -0.3 is 4.42 Å². The second-order valence-corrected chi connectivity index (χ2v) is 15.0. The van der Waals surface area contributed by atoms with Crippen LogP contribution >= 0.6 is 0 Å². The highest BCUT2D eigenvalue weighted by molar-refractivity contribution is 6.88. The highest BCUT2D eigenvalue weighted by Gasteiger charge is 2.20. The number of fused-ring (bicyclic) bond motifs is 4. The molecule has 0 saturated carbocycles. The molecule has 0 unspecified atom stereocenters. The molecule has 0 amide bonds. The first-order valence-corrected chi connectivity index (χ1v) is 15.3. The number of aromatic nitrogens is 1. The second-order valence-electron chi connectivity index (χ2n) is 9.90. The average molecular weight is 438 g/mol. The van der Waals surface area contributed by atoms with Crippen LogP contribution < -0.4 is 5.19 Å². The van der Waals surface area contributed by atoms with E-state index in [1.807, 2.05) is 6.20 Å². The minimum absolute atomic E-state index is 0.536. The number of hydrogen-bond acceptors (Lipinski definition) is 2. The highest BCUT2D eigenvalue weighted by Crippen LogP contribution is 2.38. The van der Waals surface area contributed by atoms with E-state index in [1.54, 1.807) is 0 Å². The van der Waals surface area contributed by atoms with E-state index in [0.717, 1.165) is 40.7 Å². The normalized spacial score (nSPS) is 12.4. The van der Waals surface area contributed by atoms with Gasteiger partial charge in [-0.25, -0.2) is 0 Å². The fourth-order valence-electron chi connectivity index (χ4n) is 4.92. The summed E-state index contributed by atoms with van der Waals surface area (Å²) in [5, 5.41) is 6.42. The number of furan rings is 1. The third-order valence-electron chi connectivity index (χ3n) is 6.84. The monoisotopic (exact) mass is 437 g/mol. The number of benzene rings is 3. The lowest BCUT2D eigenvalue weighted by Gasteiger charge is -2.17. The molecule has 2 nitrogen and oxygen atoms in total. The molecule has 0 spiro atoms. The molecule has 2 aromatic heterocycles. The van der Waals surface area contributed by atoms with Gasteiger partial charge in [-0.15, -0.1) is 0 Å². The van der Waals surface area contributed by atoms with Crippen molar-refractivity contribution in [3.8, 4) is 11.3 Å². The molecule has 162 valence electrons. The van der Waals surface area contributed by atoms with E-state index in [0.29, 0.717) is 5.92 Å². The number of rotatable bonds is 5. The molecule has 0 saturated heterocycles. The summed E-state index contributed by atoms with van der Waals surface area (Å²) in [5.41, 5.74) is 5.32. The third kappa shape index (κ3) is 3.45. The van der Waals surface area contributed by atoms with Crippen molar-refractivity contribution in [1.82, 2.24) is 4.98 Å². The van der Waals surface area contributed by atoms with E-state index in [1.165, 1.54) is 26.9 Å². The molecular weight excluding hydrogens is 406 g/mol. The third-order valence-corrected chi connectivity index (χ3v) is 8.89. The van der Waals surface area contributed by atoms with Crippen molar-refractivity contribution >= 4 is 46.0 Å². The summed E-state index contributed by atoms with van der Waals surface area (Å²) >= 11 is 0. The topological polar surface area (TPSA) is 26.0 Å². The van der Waals surface area contributed by atoms with Crippen LogP contribution in [0, 0.1) is 0 Å². The van der Waals surface area contributed by atoms with Gasteiger partial charge in [0.25, 0.3) is 0 Å². The maximum Gasteiger partial charge on any atom is 0.161 e. The van der Waals surface area contributed by atoms with Crippen molar-refractivity contribution in [1.29, 1.82) is 0 Å². The Labute approximate surface area is 191 Å². The first kappa shape index (κ1) is 21.0. The zero-order valence-corrected chi connectivity index (χ0v) is 20.7. The Kier molecular flexibility index (Phi) is 5.17. The summed E-state index contributed by atoms with van der Waals surface area (Å²) in [6.07, 6.45) is 4.19. The molecule has 0 aliphatic rings. The molecule has 3 heteroatoms. The average Bonchev–Trinajstić information content (AvgIpc) is 3.17. The van der Waals surface area contributed by atoms with Crippen molar-refractivity contribution in [2.45, 2.75) is 52.2 Å². The first-order valence-electron chi connectivity index (χ1n) is 11.8. The van der Waals surface area contributed by atoms with Crippen LogP contribution in [0.15, 0.2) is 71.3 Å². The van der Waals surface area contributed by atoms with E-state index < -0.39 is 8.07 Å². The molecule has 32 heavy (non-hydrogen) atoms. The Morgan fingerprint density at radius 1 is 0.844 bits per heavy atom. The van der Waals surface area contributed by atoms with Gasteiger partial charge in [-0.3, -0.25) is 4.98 Å². The van der Waals surface area contributed by atoms with Gasteiger partial charge in [0, 0.05) is 22.5 Å². The van der Waals surface area contributed by atoms with Crippen LogP contribution in [0.4, 0.5) is 0 Å². The lowest BCUT2D eigenvalue weighted by atomic mass is 9.87. The maximum atomic E-state index is 6.42. The van der Waals surface area contributed by atoms with Gasteiger partial charge >= 0.3 is 0 Å².